The predicted octanol–water partition coefficient (Wildman–Crippen LogP) is 9.19. The molecule has 1 heteroatoms. The van der Waals surface area contributed by atoms with Gasteiger partial charge in [-0.25, -0.2) is 0 Å². The lowest BCUT2D eigenvalue weighted by molar-refractivity contribution is -0.114. The highest BCUT2D eigenvalue weighted by Gasteiger charge is 2.31. The highest BCUT2D eigenvalue weighted by molar-refractivity contribution is 6.02. The van der Waals surface area contributed by atoms with Gasteiger partial charge in [-0.1, -0.05) is 107 Å². The molecule has 1 nitrogen and oxygen atoms in total. The molecule has 1 aromatic carbocycles. The summed E-state index contributed by atoms with van der Waals surface area (Å²) < 4.78 is 0. The molecule has 0 fully saturated rings. The van der Waals surface area contributed by atoms with Crippen molar-refractivity contribution in [1.82, 2.24) is 0 Å². The molecular formula is C32H49O. The van der Waals surface area contributed by atoms with Crippen molar-refractivity contribution < 1.29 is 4.79 Å². The molecule has 33 heavy (non-hydrogen) atoms. The lowest BCUT2D eigenvalue weighted by Gasteiger charge is -2.32. The fraction of sp³-hybridized carbons (Fsp3) is 0.625. The van der Waals surface area contributed by atoms with Gasteiger partial charge in [-0.3, -0.25) is 4.79 Å². The molecule has 0 aromatic heterocycles. The van der Waals surface area contributed by atoms with Crippen LogP contribution in [0.4, 0.5) is 0 Å². The number of Topliss-reactive ketones (excluding diaryl/α,β-unsaturated/α-hetero) is 1. The molecule has 0 bridgehead atoms. The molecule has 1 radical (unpaired) electrons. The lowest BCUT2D eigenvalue weighted by atomic mass is 9.71. The minimum atomic E-state index is 0.290. The second-order valence-corrected chi connectivity index (χ2v) is 12.0. The summed E-state index contributed by atoms with van der Waals surface area (Å²) in [5.74, 6) is 3.17. The molecule has 0 aliphatic heterocycles. The van der Waals surface area contributed by atoms with Crippen LogP contribution in [0.2, 0.25) is 0 Å². The molecule has 0 spiro atoms. The van der Waals surface area contributed by atoms with Gasteiger partial charge in [0.15, 0.2) is 5.78 Å². The Labute approximate surface area is 205 Å². The molecular weight excluding hydrogens is 400 g/mol. The Kier molecular flexibility index (Phi) is 9.37. The molecule has 0 N–H and O–H groups in total. The van der Waals surface area contributed by atoms with Gasteiger partial charge in [-0.15, -0.1) is 0 Å². The third-order valence-electron chi connectivity index (χ3n) is 7.20. The SMILES string of the molecule is CC(C)C1=CC(C(C)C)[CH]C(C(C)C)=C1C(=O)Cc1c(C(C)C)cc(C(C)C)cc1C(C)C. The van der Waals surface area contributed by atoms with Crippen LogP contribution in [-0.2, 0) is 11.2 Å². The summed E-state index contributed by atoms with van der Waals surface area (Å²) in [4.78, 5) is 14.1. The lowest BCUT2D eigenvalue weighted by Crippen LogP contribution is -2.25. The summed E-state index contributed by atoms with van der Waals surface area (Å²) in [6.07, 6.45) is 5.25. The second kappa shape index (κ2) is 11.2. The first-order valence-electron chi connectivity index (χ1n) is 13.3. The van der Waals surface area contributed by atoms with E-state index in [1.165, 1.54) is 33.4 Å². The van der Waals surface area contributed by atoms with E-state index in [4.69, 9.17) is 0 Å². The van der Waals surface area contributed by atoms with Crippen molar-refractivity contribution in [1.29, 1.82) is 0 Å². The molecule has 0 saturated heterocycles. The minimum Gasteiger partial charge on any atom is -0.294 e. The first-order chi connectivity index (χ1) is 15.3. The number of rotatable bonds is 9. The zero-order valence-corrected chi connectivity index (χ0v) is 23.5. The van der Waals surface area contributed by atoms with Crippen molar-refractivity contribution in [3.05, 3.63) is 63.6 Å². The Morgan fingerprint density at radius 2 is 1.24 bits per heavy atom. The first-order valence-corrected chi connectivity index (χ1v) is 13.3. The molecule has 1 aromatic rings. The molecule has 1 aliphatic carbocycles. The van der Waals surface area contributed by atoms with Crippen LogP contribution in [0.3, 0.4) is 0 Å². The average molecular weight is 450 g/mol. The standard InChI is InChI=1S/C32H49O/c1-18(2)24-13-26(20(5)6)30(27(14-24)21(7)8)17-31(33)32-28(22(9)10)15-25(19(3)4)16-29(32)23(11)12/h13-16,18-23,25H,17H2,1-12H3. The second-order valence-electron chi connectivity index (χ2n) is 12.0. The van der Waals surface area contributed by atoms with Crippen LogP contribution < -0.4 is 0 Å². The molecule has 0 saturated carbocycles. The number of allylic oxidation sites excluding steroid dienone is 4. The predicted molar refractivity (Wildman–Crippen MR) is 145 cm³/mol. The average Bonchev–Trinajstić information content (AvgIpc) is 2.71. The number of carbonyl (C=O) groups is 1. The van der Waals surface area contributed by atoms with Gasteiger partial charge in [-0.2, -0.15) is 0 Å². The molecule has 1 aliphatic rings. The molecule has 0 amide bonds. The van der Waals surface area contributed by atoms with Crippen molar-refractivity contribution in [2.45, 2.75) is 107 Å². The van der Waals surface area contributed by atoms with Gasteiger partial charge in [0, 0.05) is 12.0 Å². The van der Waals surface area contributed by atoms with Crippen LogP contribution in [0.1, 0.15) is 123 Å². The maximum Gasteiger partial charge on any atom is 0.167 e. The van der Waals surface area contributed by atoms with Crippen LogP contribution in [0, 0.1) is 30.1 Å². The highest BCUT2D eigenvalue weighted by atomic mass is 16.1. The Morgan fingerprint density at radius 1 is 0.727 bits per heavy atom. The number of hydrogen-bond acceptors (Lipinski definition) is 1. The van der Waals surface area contributed by atoms with Crippen molar-refractivity contribution in [2.75, 3.05) is 0 Å². The molecule has 2 rings (SSSR count). The van der Waals surface area contributed by atoms with E-state index in [0.717, 1.165) is 5.57 Å². The van der Waals surface area contributed by atoms with Crippen molar-refractivity contribution in [2.24, 2.45) is 23.7 Å². The topological polar surface area (TPSA) is 17.1 Å². The van der Waals surface area contributed by atoms with Gasteiger partial charge < -0.3 is 0 Å². The Bertz CT molecular complexity index is 873. The van der Waals surface area contributed by atoms with Gasteiger partial charge in [-0.05, 0) is 75.7 Å². The molecule has 1 unspecified atom stereocenters. The number of hydrogen-bond donors (Lipinski definition) is 0. The van der Waals surface area contributed by atoms with E-state index in [9.17, 15) is 4.79 Å². The van der Waals surface area contributed by atoms with Gasteiger partial charge in [0.1, 0.15) is 0 Å². The minimum absolute atomic E-state index is 0.290. The summed E-state index contributed by atoms with van der Waals surface area (Å²) in [5.41, 5.74) is 8.84. The Hall–Kier alpha value is -1.63. The highest BCUT2D eigenvalue weighted by Crippen LogP contribution is 2.40. The van der Waals surface area contributed by atoms with Crippen molar-refractivity contribution in [3.63, 3.8) is 0 Å². The van der Waals surface area contributed by atoms with Gasteiger partial charge >= 0.3 is 0 Å². The van der Waals surface area contributed by atoms with Crippen LogP contribution in [0.15, 0.2) is 34.9 Å². The normalized spacial score (nSPS) is 17.4. The van der Waals surface area contributed by atoms with Crippen LogP contribution in [0.5, 0.6) is 0 Å². The summed E-state index contributed by atoms with van der Waals surface area (Å²) in [6.45, 7) is 27.1. The number of ketones is 1. The van der Waals surface area contributed by atoms with Crippen LogP contribution >= 0.6 is 0 Å². The Morgan fingerprint density at radius 3 is 1.61 bits per heavy atom. The largest absolute Gasteiger partial charge is 0.294 e. The zero-order valence-electron chi connectivity index (χ0n) is 23.5. The van der Waals surface area contributed by atoms with Crippen LogP contribution in [0.25, 0.3) is 0 Å². The fourth-order valence-electron chi connectivity index (χ4n) is 5.02. The maximum absolute atomic E-state index is 14.1. The fourth-order valence-corrected chi connectivity index (χ4v) is 5.02. The summed E-state index contributed by atoms with van der Waals surface area (Å²) in [7, 11) is 0. The summed E-state index contributed by atoms with van der Waals surface area (Å²) in [5, 5.41) is 0. The number of carbonyl (C=O) groups excluding carboxylic acids is 1. The quantitative estimate of drug-likeness (QED) is 0.367. The first kappa shape index (κ1) is 27.6. The van der Waals surface area contributed by atoms with Crippen molar-refractivity contribution in [3.8, 4) is 0 Å². The van der Waals surface area contributed by atoms with Gasteiger partial charge in [0.2, 0.25) is 0 Å². The van der Waals surface area contributed by atoms with Gasteiger partial charge in [0.05, 0.1) is 0 Å². The number of benzene rings is 1. The van der Waals surface area contributed by atoms with E-state index >= 15 is 0 Å². The summed E-state index contributed by atoms with van der Waals surface area (Å²) in [6, 6.07) is 4.73. The van der Waals surface area contributed by atoms with E-state index in [1.54, 1.807) is 0 Å². The van der Waals surface area contributed by atoms with E-state index in [1.807, 2.05) is 0 Å². The van der Waals surface area contributed by atoms with Gasteiger partial charge in [0.25, 0.3) is 0 Å². The Balaban J connectivity index is 2.66. The van der Waals surface area contributed by atoms with Crippen molar-refractivity contribution >= 4 is 5.78 Å². The smallest absolute Gasteiger partial charge is 0.167 e. The summed E-state index contributed by atoms with van der Waals surface area (Å²) >= 11 is 0. The van der Waals surface area contributed by atoms with E-state index in [0.29, 0.717) is 53.6 Å². The molecule has 1 atom stereocenters. The monoisotopic (exact) mass is 449 g/mol. The third kappa shape index (κ3) is 6.28. The van der Waals surface area contributed by atoms with E-state index in [2.05, 4.69) is 108 Å². The maximum atomic E-state index is 14.1. The van der Waals surface area contributed by atoms with Crippen LogP contribution in [-0.4, -0.2) is 5.78 Å². The zero-order chi connectivity index (χ0) is 25.2. The molecule has 0 heterocycles. The third-order valence-corrected chi connectivity index (χ3v) is 7.20. The van der Waals surface area contributed by atoms with E-state index in [-0.39, 0.29) is 0 Å². The van der Waals surface area contributed by atoms with E-state index < -0.39 is 0 Å². The molecule has 183 valence electrons.